The Hall–Kier alpha value is -0.670. The summed E-state index contributed by atoms with van der Waals surface area (Å²) in [7, 11) is 0. The Balaban J connectivity index is 1.92. The van der Waals surface area contributed by atoms with Crippen molar-refractivity contribution in [1.29, 1.82) is 0 Å². The van der Waals surface area contributed by atoms with Gasteiger partial charge in [0, 0.05) is 22.6 Å². The molecule has 1 fully saturated rings. The second-order valence-corrected chi connectivity index (χ2v) is 6.15. The minimum absolute atomic E-state index is 0.0818. The predicted molar refractivity (Wildman–Crippen MR) is 79.3 cm³/mol. The number of thioether (sulfide) groups is 1. The van der Waals surface area contributed by atoms with Crippen LogP contribution < -0.4 is 10.5 Å². The van der Waals surface area contributed by atoms with Gasteiger partial charge in [0.15, 0.2) is 0 Å². The molecule has 2 N–H and O–H groups in total. The second kappa shape index (κ2) is 7.05. The smallest absolute Gasteiger partial charge is 0.124 e. The molecule has 1 aromatic carbocycles. The van der Waals surface area contributed by atoms with Crippen molar-refractivity contribution in [2.24, 2.45) is 5.73 Å². The van der Waals surface area contributed by atoms with Crippen LogP contribution in [0.4, 0.5) is 0 Å². The summed E-state index contributed by atoms with van der Waals surface area (Å²) in [6.45, 7) is 2.70. The van der Waals surface area contributed by atoms with Crippen LogP contribution >= 0.6 is 11.8 Å². The third-order valence-corrected chi connectivity index (χ3v) is 4.93. The largest absolute Gasteiger partial charge is 0.494 e. The van der Waals surface area contributed by atoms with Crippen molar-refractivity contribution >= 4 is 11.8 Å². The monoisotopic (exact) mass is 265 g/mol. The van der Waals surface area contributed by atoms with E-state index in [9.17, 15) is 0 Å². The predicted octanol–water partition coefficient (Wildman–Crippen LogP) is 3.76. The van der Waals surface area contributed by atoms with Gasteiger partial charge in [-0.3, -0.25) is 0 Å². The molecule has 0 spiro atoms. The van der Waals surface area contributed by atoms with E-state index < -0.39 is 0 Å². The highest BCUT2D eigenvalue weighted by Crippen LogP contribution is 2.33. The molecule has 1 atom stereocenters. The normalized spacial score (nSPS) is 17.9. The number of nitrogens with two attached hydrogens (primary N) is 1. The van der Waals surface area contributed by atoms with Crippen LogP contribution in [0.1, 0.15) is 44.2 Å². The Labute approximate surface area is 114 Å². The molecule has 18 heavy (non-hydrogen) atoms. The van der Waals surface area contributed by atoms with Gasteiger partial charge in [-0.2, -0.15) is 11.8 Å². The first-order chi connectivity index (χ1) is 8.81. The van der Waals surface area contributed by atoms with Crippen molar-refractivity contribution in [1.82, 2.24) is 0 Å². The molecular formula is C15H23NOS. The third-order valence-electron chi connectivity index (χ3n) is 3.43. The van der Waals surface area contributed by atoms with Crippen LogP contribution in [0.2, 0.25) is 0 Å². The molecule has 0 bridgehead atoms. The molecular weight excluding hydrogens is 242 g/mol. The van der Waals surface area contributed by atoms with Crippen molar-refractivity contribution < 1.29 is 4.74 Å². The van der Waals surface area contributed by atoms with Crippen LogP contribution in [0.25, 0.3) is 0 Å². The fourth-order valence-corrected chi connectivity index (χ4v) is 3.78. The van der Waals surface area contributed by atoms with Gasteiger partial charge in [-0.1, -0.05) is 31.0 Å². The van der Waals surface area contributed by atoms with Crippen LogP contribution in [0.5, 0.6) is 5.75 Å². The van der Waals surface area contributed by atoms with Crippen LogP contribution in [0.3, 0.4) is 0 Å². The molecule has 0 saturated heterocycles. The van der Waals surface area contributed by atoms with E-state index in [1.165, 1.54) is 25.7 Å². The molecule has 0 aliphatic heterocycles. The molecule has 3 heteroatoms. The lowest BCUT2D eigenvalue weighted by atomic mass is 10.1. The Morgan fingerprint density at radius 2 is 2.06 bits per heavy atom. The van der Waals surface area contributed by atoms with E-state index in [2.05, 4.69) is 6.07 Å². The maximum atomic E-state index is 6.30. The molecule has 1 aliphatic rings. The summed E-state index contributed by atoms with van der Waals surface area (Å²) in [5, 5.41) is 0.829. The fourth-order valence-electron chi connectivity index (χ4n) is 2.46. The quantitative estimate of drug-likeness (QED) is 0.850. The lowest BCUT2D eigenvalue weighted by molar-refractivity contribution is 0.335. The third kappa shape index (κ3) is 3.66. The summed E-state index contributed by atoms with van der Waals surface area (Å²) in [6, 6.07) is 8.23. The average molecular weight is 265 g/mol. The zero-order chi connectivity index (χ0) is 12.8. The van der Waals surface area contributed by atoms with Crippen molar-refractivity contribution in [2.75, 3.05) is 12.4 Å². The van der Waals surface area contributed by atoms with E-state index >= 15 is 0 Å². The van der Waals surface area contributed by atoms with E-state index in [1.807, 2.05) is 36.9 Å². The van der Waals surface area contributed by atoms with E-state index in [-0.39, 0.29) is 6.04 Å². The van der Waals surface area contributed by atoms with Crippen LogP contribution in [0, 0.1) is 0 Å². The maximum Gasteiger partial charge on any atom is 0.124 e. The highest BCUT2D eigenvalue weighted by atomic mass is 32.2. The molecule has 0 radical (unpaired) electrons. The van der Waals surface area contributed by atoms with E-state index in [1.54, 1.807) is 0 Å². The summed E-state index contributed by atoms with van der Waals surface area (Å²) >= 11 is 2.03. The van der Waals surface area contributed by atoms with Gasteiger partial charge in [-0.05, 0) is 25.8 Å². The van der Waals surface area contributed by atoms with Crippen LogP contribution in [-0.4, -0.2) is 17.6 Å². The Bertz CT molecular complexity index is 363. The standard InChI is InChI=1S/C15H23NOS/c1-2-17-15-10-6-5-9-13(15)14(16)11-18-12-7-3-4-8-12/h5-6,9-10,12,14H,2-4,7-8,11,16H2,1H3. The zero-order valence-electron chi connectivity index (χ0n) is 11.1. The molecule has 0 aromatic heterocycles. The van der Waals surface area contributed by atoms with Crippen molar-refractivity contribution in [3.05, 3.63) is 29.8 Å². The number of hydrogen-bond donors (Lipinski definition) is 1. The van der Waals surface area contributed by atoms with Gasteiger partial charge in [0.25, 0.3) is 0 Å². The maximum absolute atomic E-state index is 6.30. The molecule has 1 saturated carbocycles. The first-order valence-corrected chi connectivity index (χ1v) is 7.95. The molecule has 0 heterocycles. The summed E-state index contributed by atoms with van der Waals surface area (Å²) in [5.74, 6) is 1.94. The summed E-state index contributed by atoms with van der Waals surface area (Å²) in [4.78, 5) is 0. The molecule has 0 amide bonds. The van der Waals surface area contributed by atoms with Crippen LogP contribution in [-0.2, 0) is 0 Å². The molecule has 2 nitrogen and oxygen atoms in total. The van der Waals surface area contributed by atoms with E-state index in [0.29, 0.717) is 6.61 Å². The first-order valence-electron chi connectivity index (χ1n) is 6.90. The van der Waals surface area contributed by atoms with Crippen LogP contribution in [0.15, 0.2) is 24.3 Å². The summed E-state index contributed by atoms with van der Waals surface area (Å²) < 4.78 is 5.64. The number of hydrogen-bond acceptors (Lipinski definition) is 3. The molecule has 100 valence electrons. The fraction of sp³-hybridized carbons (Fsp3) is 0.600. The Morgan fingerprint density at radius 3 is 2.78 bits per heavy atom. The molecule has 1 unspecified atom stereocenters. The van der Waals surface area contributed by atoms with Gasteiger partial charge in [-0.25, -0.2) is 0 Å². The summed E-state index contributed by atoms with van der Waals surface area (Å²) in [5.41, 5.74) is 7.45. The minimum atomic E-state index is 0.0818. The van der Waals surface area contributed by atoms with Gasteiger partial charge < -0.3 is 10.5 Å². The van der Waals surface area contributed by atoms with Crippen molar-refractivity contribution in [3.63, 3.8) is 0 Å². The number of benzene rings is 1. The molecule has 1 aromatic rings. The second-order valence-electron chi connectivity index (χ2n) is 4.82. The number of ether oxygens (including phenoxy) is 1. The minimum Gasteiger partial charge on any atom is -0.494 e. The van der Waals surface area contributed by atoms with Gasteiger partial charge in [0.05, 0.1) is 6.61 Å². The highest BCUT2D eigenvalue weighted by Gasteiger charge is 2.18. The van der Waals surface area contributed by atoms with Gasteiger partial charge >= 0.3 is 0 Å². The van der Waals surface area contributed by atoms with Gasteiger partial charge in [0.1, 0.15) is 5.75 Å². The number of rotatable bonds is 6. The Kier molecular flexibility index (Phi) is 5.39. The average Bonchev–Trinajstić information content (AvgIpc) is 2.90. The van der Waals surface area contributed by atoms with E-state index in [0.717, 1.165) is 22.3 Å². The van der Waals surface area contributed by atoms with Crippen molar-refractivity contribution in [2.45, 2.75) is 43.9 Å². The lowest BCUT2D eigenvalue weighted by Gasteiger charge is -2.18. The SMILES string of the molecule is CCOc1ccccc1C(N)CSC1CCCC1. The lowest BCUT2D eigenvalue weighted by Crippen LogP contribution is -2.16. The van der Waals surface area contributed by atoms with Gasteiger partial charge in [0.2, 0.25) is 0 Å². The molecule has 2 rings (SSSR count). The first kappa shape index (κ1) is 13.8. The highest BCUT2D eigenvalue weighted by molar-refractivity contribution is 7.99. The van der Waals surface area contributed by atoms with E-state index in [4.69, 9.17) is 10.5 Å². The zero-order valence-corrected chi connectivity index (χ0v) is 11.9. The number of para-hydroxylation sites is 1. The van der Waals surface area contributed by atoms with Gasteiger partial charge in [-0.15, -0.1) is 0 Å². The molecule has 1 aliphatic carbocycles. The van der Waals surface area contributed by atoms with Crippen molar-refractivity contribution in [3.8, 4) is 5.75 Å². The summed E-state index contributed by atoms with van der Waals surface area (Å²) in [6.07, 6.45) is 5.51. The Morgan fingerprint density at radius 1 is 1.33 bits per heavy atom. The topological polar surface area (TPSA) is 35.2 Å².